The molecule has 2 aliphatic heterocycles. The molecule has 2 heterocycles. The molecule has 0 aromatic heterocycles. The van der Waals surface area contributed by atoms with E-state index in [-0.39, 0.29) is 18.9 Å². The summed E-state index contributed by atoms with van der Waals surface area (Å²) in [5.41, 5.74) is 0. The Morgan fingerprint density at radius 1 is 0.361 bits per heavy atom. The highest BCUT2D eigenvalue weighted by Gasteiger charge is 2.51. The zero-order valence-electron chi connectivity index (χ0n) is 63.4. The molecule has 2 rings (SSSR count). The first-order chi connectivity index (χ1) is 47.6. The van der Waals surface area contributed by atoms with Gasteiger partial charge in [0.2, 0.25) is 5.91 Å². The SMILES string of the molecule is CCCCCCCCCCCCCCCCCCCCCCCCCCCCC/C=C/C(O)C(COC1OC(CO)C(OC2OC(CO)C(O)C(O)C2O)C(O)C1O)NC(=O)CCCCCCCCCCCCCCCCCCCCCCCCCCCCCCCCCCCC. The predicted octanol–water partition coefficient (Wildman–Crippen LogP) is 19.6. The number of ether oxygens (including phenoxy) is 4. The van der Waals surface area contributed by atoms with Crippen molar-refractivity contribution in [3.63, 3.8) is 0 Å². The standard InChI is InChI=1S/C83H161NO13/c1-3-5-7-9-11-13-15-17-19-21-23-25-27-29-31-33-34-35-36-37-39-41-43-45-47-49-51-53-55-57-59-61-63-65-67-75(88)84-71(70-94-82-80(93)78(91)81(74(69-86)96-82)97-83-79(92)77(90)76(89)73(68-85)95-83)72(87)66-64-62-60-58-56-54-52-50-48-46-44-42-40-38-32-30-28-26-24-22-20-18-16-14-12-10-8-6-4-2/h64,66,71-74,76-83,85-87,89-93H,3-63,65,67-70H2,1-2H3,(H,84,88)/b66-64+. The van der Waals surface area contributed by atoms with Gasteiger partial charge in [-0.15, -0.1) is 0 Å². The molecule has 14 nitrogen and oxygen atoms in total. The van der Waals surface area contributed by atoms with E-state index in [2.05, 4.69) is 19.2 Å². The molecule has 0 bridgehead atoms. The van der Waals surface area contributed by atoms with E-state index >= 15 is 0 Å². The van der Waals surface area contributed by atoms with Gasteiger partial charge in [-0.25, -0.2) is 0 Å². The Morgan fingerprint density at radius 2 is 0.639 bits per heavy atom. The van der Waals surface area contributed by atoms with E-state index in [9.17, 15) is 45.6 Å². The third kappa shape index (κ3) is 50.7. The molecule has 2 aliphatic rings. The van der Waals surface area contributed by atoms with Gasteiger partial charge in [-0.2, -0.15) is 0 Å². The number of amides is 1. The summed E-state index contributed by atoms with van der Waals surface area (Å²) in [7, 11) is 0. The minimum atomic E-state index is -1.79. The lowest BCUT2D eigenvalue weighted by Gasteiger charge is -2.46. The molecule has 2 saturated heterocycles. The van der Waals surface area contributed by atoms with E-state index in [1.165, 1.54) is 353 Å². The molecular formula is C83H161NO13. The number of hydrogen-bond acceptors (Lipinski definition) is 13. The Bertz CT molecular complexity index is 1680. The van der Waals surface area contributed by atoms with Crippen molar-refractivity contribution in [1.29, 1.82) is 0 Å². The summed E-state index contributed by atoms with van der Waals surface area (Å²) in [5.74, 6) is -0.228. The van der Waals surface area contributed by atoms with Gasteiger partial charge in [0, 0.05) is 6.42 Å². The van der Waals surface area contributed by atoms with Gasteiger partial charge in [-0.05, 0) is 19.3 Å². The zero-order valence-corrected chi connectivity index (χ0v) is 63.4. The Morgan fingerprint density at radius 3 is 0.948 bits per heavy atom. The molecule has 1 amide bonds. The van der Waals surface area contributed by atoms with Gasteiger partial charge in [0.15, 0.2) is 12.6 Å². The first kappa shape index (κ1) is 91.8. The van der Waals surface area contributed by atoms with Crippen LogP contribution in [0.25, 0.3) is 0 Å². The van der Waals surface area contributed by atoms with Crippen LogP contribution in [0.15, 0.2) is 12.2 Å². The van der Waals surface area contributed by atoms with Gasteiger partial charge >= 0.3 is 0 Å². The summed E-state index contributed by atoms with van der Waals surface area (Å²) in [6.45, 7) is 2.89. The molecule has 0 aliphatic carbocycles. The van der Waals surface area contributed by atoms with Gasteiger partial charge in [0.05, 0.1) is 32.0 Å². The van der Waals surface area contributed by atoms with E-state index < -0.39 is 86.8 Å². The summed E-state index contributed by atoms with van der Waals surface area (Å²) < 4.78 is 22.9. The van der Waals surface area contributed by atoms with E-state index in [1.807, 2.05) is 6.08 Å². The Balaban J connectivity index is 1.59. The molecule has 0 radical (unpaired) electrons. The van der Waals surface area contributed by atoms with E-state index in [0.717, 1.165) is 44.9 Å². The third-order valence-corrected chi connectivity index (χ3v) is 21.2. The summed E-state index contributed by atoms with van der Waals surface area (Å²) in [6, 6.07) is -0.913. The Kier molecular flexibility index (Phi) is 64.2. The average molecular weight is 1380 g/mol. The van der Waals surface area contributed by atoms with Gasteiger partial charge in [-0.1, -0.05) is 405 Å². The summed E-state index contributed by atoms with van der Waals surface area (Å²) in [4.78, 5) is 13.4. The fourth-order valence-corrected chi connectivity index (χ4v) is 14.5. The first-order valence-electron chi connectivity index (χ1n) is 42.4. The van der Waals surface area contributed by atoms with Crippen molar-refractivity contribution in [3.8, 4) is 0 Å². The van der Waals surface area contributed by atoms with Crippen LogP contribution in [0, 0.1) is 0 Å². The molecule has 0 aromatic carbocycles. The van der Waals surface area contributed by atoms with Crippen LogP contribution in [0.4, 0.5) is 0 Å². The molecule has 576 valence electrons. The normalized spacial score (nSPS) is 22.1. The lowest BCUT2D eigenvalue weighted by Crippen LogP contribution is -2.65. The highest BCUT2D eigenvalue weighted by atomic mass is 16.7. The lowest BCUT2D eigenvalue weighted by atomic mass is 9.97. The second-order valence-corrected chi connectivity index (χ2v) is 30.3. The Labute approximate surface area is 596 Å². The fraction of sp³-hybridized carbons (Fsp3) is 0.964. The van der Waals surface area contributed by atoms with Crippen LogP contribution in [0.3, 0.4) is 0 Å². The van der Waals surface area contributed by atoms with Crippen LogP contribution in [0.5, 0.6) is 0 Å². The molecule has 0 spiro atoms. The van der Waals surface area contributed by atoms with Crippen molar-refractivity contribution in [3.05, 3.63) is 12.2 Å². The second kappa shape index (κ2) is 67.9. The predicted molar refractivity (Wildman–Crippen MR) is 402 cm³/mol. The topological polar surface area (TPSA) is 228 Å². The number of aliphatic hydroxyl groups is 8. The number of hydrogen-bond donors (Lipinski definition) is 9. The highest BCUT2D eigenvalue weighted by Crippen LogP contribution is 2.31. The molecule has 14 heteroatoms. The van der Waals surface area contributed by atoms with Crippen LogP contribution in [0.2, 0.25) is 0 Å². The quantitative estimate of drug-likeness (QED) is 0.0204. The molecule has 97 heavy (non-hydrogen) atoms. The fourth-order valence-electron chi connectivity index (χ4n) is 14.5. The van der Waals surface area contributed by atoms with E-state index in [0.29, 0.717) is 0 Å². The number of carbonyl (C=O) groups excluding carboxylic acids is 1. The zero-order chi connectivity index (χ0) is 70.1. The summed E-state index contributed by atoms with van der Waals surface area (Å²) >= 11 is 0. The maximum Gasteiger partial charge on any atom is 0.220 e. The van der Waals surface area contributed by atoms with Crippen LogP contribution >= 0.6 is 0 Å². The minimum Gasteiger partial charge on any atom is -0.394 e. The molecule has 12 atom stereocenters. The highest BCUT2D eigenvalue weighted by molar-refractivity contribution is 5.76. The van der Waals surface area contributed by atoms with Gasteiger partial charge in [-0.3, -0.25) is 4.79 Å². The van der Waals surface area contributed by atoms with Crippen molar-refractivity contribution >= 4 is 5.91 Å². The molecule has 12 unspecified atom stereocenters. The van der Waals surface area contributed by atoms with Gasteiger partial charge in [0.25, 0.3) is 0 Å². The van der Waals surface area contributed by atoms with E-state index in [4.69, 9.17) is 18.9 Å². The average Bonchev–Trinajstić information content (AvgIpc) is 0.794. The largest absolute Gasteiger partial charge is 0.394 e. The summed E-state index contributed by atoms with van der Waals surface area (Å²) in [6.07, 6.45) is 70.3. The number of unbranched alkanes of at least 4 members (excludes halogenated alkanes) is 60. The Hall–Kier alpha value is -1.27. The van der Waals surface area contributed by atoms with Crippen molar-refractivity contribution < 1.29 is 64.6 Å². The number of aliphatic hydroxyl groups excluding tert-OH is 8. The molecule has 2 fully saturated rings. The second-order valence-electron chi connectivity index (χ2n) is 30.3. The number of nitrogens with one attached hydrogen (secondary N) is 1. The van der Waals surface area contributed by atoms with Crippen LogP contribution in [-0.2, 0) is 23.7 Å². The minimum absolute atomic E-state index is 0.228. The maximum atomic E-state index is 13.4. The first-order valence-corrected chi connectivity index (χ1v) is 42.4. The van der Waals surface area contributed by atoms with Gasteiger partial charge in [0.1, 0.15) is 48.8 Å². The molecule has 0 aromatic rings. The molecule has 9 N–H and O–H groups in total. The molecular weight excluding hydrogens is 1220 g/mol. The van der Waals surface area contributed by atoms with Crippen LogP contribution in [0.1, 0.15) is 418 Å². The lowest BCUT2D eigenvalue weighted by molar-refractivity contribution is -0.359. The van der Waals surface area contributed by atoms with E-state index in [1.54, 1.807) is 6.08 Å². The maximum absolute atomic E-state index is 13.4. The number of carbonyl (C=O) groups is 1. The van der Waals surface area contributed by atoms with Crippen molar-refractivity contribution in [2.24, 2.45) is 0 Å². The van der Waals surface area contributed by atoms with Crippen molar-refractivity contribution in [1.82, 2.24) is 5.32 Å². The molecule has 0 saturated carbocycles. The third-order valence-electron chi connectivity index (χ3n) is 21.2. The van der Waals surface area contributed by atoms with Crippen LogP contribution < -0.4 is 5.32 Å². The van der Waals surface area contributed by atoms with Crippen molar-refractivity contribution in [2.45, 2.75) is 492 Å². The van der Waals surface area contributed by atoms with Gasteiger partial charge < -0.3 is 65.1 Å². The smallest absolute Gasteiger partial charge is 0.220 e. The van der Waals surface area contributed by atoms with Crippen molar-refractivity contribution in [2.75, 3.05) is 19.8 Å². The summed E-state index contributed by atoms with van der Waals surface area (Å²) in [5, 5.41) is 87.8. The monoisotopic (exact) mass is 1380 g/mol. The number of allylic oxidation sites excluding steroid dienone is 1. The number of rotatable bonds is 73. The van der Waals surface area contributed by atoms with Crippen LogP contribution in [-0.4, -0.2) is 140 Å².